The SMILES string of the molecule is CC(C)C[C@H]([NH3+])C(=O)[O-].CSCC[C@@H]([NH3+])C(=O)[O-]. The van der Waals surface area contributed by atoms with Crippen molar-refractivity contribution in [1.82, 2.24) is 0 Å². The van der Waals surface area contributed by atoms with Crippen molar-refractivity contribution in [3.05, 3.63) is 0 Å². The average molecular weight is 280 g/mol. The molecule has 0 unspecified atom stereocenters. The Morgan fingerprint density at radius 1 is 1.11 bits per heavy atom. The quantitative estimate of drug-likeness (QED) is 0.498. The van der Waals surface area contributed by atoms with Crippen molar-refractivity contribution in [3.63, 3.8) is 0 Å². The predicted molar refractivity (Wildman–Crippen MR) is 65.8 cm³/mol. The van der Waals surface area contributed by atoms with Gasteiger partial charge < -0.3 is 31.3 Å². The number of rotatable bonds is 7. The van der Waals surface area contributed by atoms with Crippen molar-refractivity contribution < 1.29 is 31.3 Å². The maximum atomic E-state index is 10.1. The van der Waals surface area contributed by atoms with Crippen LogP contribution < -0.4 is 21.7 Å². The summed E-state index contributed by atoms with van der Waals surface area (Å²) < 4.78 is 0. The highest BCUT2D eigenvalue weighted by atomic mass is 32.2. The number of carboxylic acids is 2. The summed E-state index contributed by atoms with van der Waals surface area (Å²) in [5, 5.41) is 20.1. The van der Waals surface area contributed by atoms with Gasteiger partial charge in [-0.3, -0.25) is 0 Å². The van der Waals surface area contributed by atoms with Gasteiger partial charge in [-0.2, -0.15) is 11.8 Å². The zero-order valence-corrected chi connectivity index (χ0v) is 12.1. The van der Waals surface area contributed by atoms with E-state index < -0.39 is 24.0 Å². The van der Waals surface area contributed by atoms with Gasteiger partial charge in [0.2, 0.25) is 0 Å². The first-order chi connectivity index (χ1) is 8.22. The zero-order chi connectivity index (χ0) is 14.7. The summed E-state index contributed by atoms with van der Waals surface area (Å²) in [4.78, 5) is 20.1. The normalized spacial score (nSPS) is 13.4. The van der Waals surface area contributed by atoms with E-state index in [1.54, 1.807) is 11.8 Å². The van der Waals surface area contributed by atoms with E-state index in [-0.39, 0.29) is 0 Å². The summed E-state index contributed by atoms with van der Waals surface area (Å²) in [5.41, 5.74) is 6.82. The van der Waals surface area contributed by atoms with Crippen LogP contribution in [-0.4, -0.2) is 36.0 Å². The lowest BCUT2D eigenvalue weighted by molar-refractivity contribution is -0.439. The van der Waals surface area contributed by atoms with Crippen LogP contribution in [0.4, 0.5) is 0 Å². The molecule has 0 amide bonds. The predicted octanol–water partition coefficient (Wildman–Crippen LogP) is -3.51. The number of hydrogen-bond donors (Lipinski definition) is 2. The average Bonchev–Trinajstić information content (AvgIpc) is 2.25. The highest BCUT2D eigenvalue weighted by Gasteiger charge is 2.08. The van der Waals surface area contributed by atoms with Gasteiger partial charge in [0.05, 0.1) is 11.9 Å². The number of thioether (sulfide) groups is 1. The standard InChI is InChI=1S/C6H13NO2.C5H11NO2S/c1-4(2)3-5(7)6(8)9;1-9-3-2-4(6)5(7)8/h4-5H,3,7H2,1-2H3,(H,8,9);4H,2-3,6H2,1H3,(H,7,8)/t5-;4-/m01/s1. The number of hydrogen-bond acceptors (Lipinski definition) is 5. The van der Waals surface area contributed by atoms with E-state index in [9.17, 15) is 19.8 Å². The Hall–Kier alpha value is -0.790. The minimum absolute atomic E-state index is 0.380. The lowest BCUT2D eigenvalue weighted by Crippen LogP contribution is -2.68. The molecule has 0 aromatic heterocycles. The molecule has 18 heavy (non-hydrogen) atoms. The summed E-state index contributed by atoms with van der Waals surface area (Å²) >= 11 is 1.62. The molecule has 0 aromatic carbocycles. The Bertz CT molecular complexity index is 249. The zero-order valence-electron chi connectivity index (χ0n) is 11.3. The molecule has 0 aromatic rings. The van der Waals surface area contributed by atoms with Crippen molar-refractivity contribution in [3.8, 4) is 0 Å². The monoisotopic (exact) mass is 280 g/mol. The third kappa shape index (κ3) is 13.3. The molecular formula is C11H24N2O4S. The minimum Gasteiger partial charge on any atom is -0.544 e. The fourth-order valence-corrected chi connectivity index (χ4v) is 1.56. The van der Waals surface area contributed by atoms with Gasteiger partial charge in [-0.25, -0.2) is 0 Å². The second-order valence-electron chi connectivity index (χ2n) is 4.44. The van der Waals surface area contributed by atoms with E-state index in [0.717, 1.165) is 5.75 Å². The van der Waals surface area contributed by atoms with E-state index in [2.05, 4.69) is 11.5 Å². The Labute approximate surface area is 112 Å². The van der Waals surface area contributed by atoms with Gasteiger partial charge in [-0.1, -0.05) is 13.8 Å². The van der Waals surface area contributed by atoms with Crippen molar-refractivity contribution in [2.75, 3.05) is 12.0 Å². The van der Waals surface area contributed by atoms with Crippen LogP contribution >= 0.6 is 11.8 Å². The molecular weight excluding hydrogens is 256 g/mol. The molecule has 2 atom stereocenters. The molecule has 6 nitrogen and oxygen atoms in total. The highest BCUT2D eigenvalue weighted by Crippen LogP contribution is 1.99. The molecule has 108 valence electrons. The molecule has 0 aliphatic rings. The van der Waals surface area contributed by atoms with E-state index in [4.69, 9.17) is 0 Å². The van der Waals surface area contributed by atoms with Crippen LogP contribution in [0.3, 0.4) is 0 Å². The topological polar surface area (TPSA) is 136 Å². The van der Waals surface area contributed by atoms with E-state index in [0.29, 0.717) is 18.8 Å². The molecule has 0 spiro atoms. The fraction of sp³-hybridized carbons (Fsp3) is 0.818. The summed E-state index contributed by atoms with van der Waals surface area (Å²) in [6.45, 7) is 3.92. The van der Waals surface area contributed by atoms with Crippen LogP contribution in [-0.2, 0) is 9.59 Å². The Morgan fingerprint density at radius 3 is 1.78 bits per heavy atom. The van der Waals surface area contributed by atoms with Gasteiger partial charge >= 0.3 is 0 Å². The van der Waals surface area contributed by atoms with Crippen LogP contribution in [0.25, 0.3) is 0 Å². The highest BCUT2D eigenvalue weighted by molar-refractivity contribution is 7.98. The first kappa shape index (κ1) is 19.5. The first-order valence-electron chi connectivity index (χ1n) is 5.79. The number of carboxylic acid groups (broad SMARTS) is 2. The molecule has 0 saturated carbocycles. The van der Waals surface area contributed by atoms with Crippen LogP contribution in [0.5, 0.6) is 0 Å². The molecule has 0 aliphatic carbocycles. The summed E-state index contributed by atoms with van der Waals surface area (Å²) in [7, 11) is 0. The Kier molecular flexibility index (Phi) is 12.3. The van der Waals surface area contributed by atoms with Crippen molar-refractivity contribution in [2.24, 2.45) is 5.92 Å². The lowest BCUT2D eigenvalue weighted by Gasteiger charge is -2.10. The van der Waals surface area contributed by atoms with Crippen molar-refractivity contribution >= 4 is 23.7 Å². The summed E-state index contributed by atoms with van der Waals surface area (Å²) in [5.74, 6) is -0.888. The number of carbonyl (C=O) groups is 2. The second kappa shape index (κ2) is 11.3. The maximum absolute atomic E-state index is 10.1. The largest absolute Gasteiger partial charge is 0.544 e. The molecule has 7 heteroatoms. The Morgan fingerprint density at radius 2 is 1.56 bits per heavy atom. The van der Waals surface area contributed by atoms with Gasteiger partial charge in [-0.05, 0) is 17.9 Å². The number of quaternary nitrogens is 2. The van der Waals surface area contributed by atoms with Gasteiger partial charge in [-0.15, -0.1) is 0 Å². The molecule has 0 fully saturated rings. The molecule has 0 radical (unpaired) electrons. The molecule has 0 aliphatic heterocycles. The lowest BCUT2D eigenvalue weighted by atomic mass is 10.1. The van der Waals surface area contributed by atoms with E-state index >= 15 is 0 Å². The fourth-order valence-electron chi connectivity index (χ4n) is 1.04. The molecule has 0 bridgehead atoms. The van der Waals surface area contributed by atoms with Gasteiger partial charge in [0, 0.05) is 12.8 Å². The minimum atomic E-state index is -1.05. The second-order valence-corrected chi connectivity index (χ2v) is 5.43. The van der Waals surface area contributed by atoms with Crippen LogP contribution in [0.1, 0.15) is 26.7 Å². The number of aliphatic carboxylic acids is 2. The Balaban J connectivity index is 0. The molecule has 0 saturated heterocycles. The van der Waals surface area contributed by atoms with Crippen molar-refractivity contribution in [1.29, 1.82) is 0 Å². The van der Waals surface area contributed by atoms with Crippen LogP contribution in [0.2, 0.25) is 0 Å². The van der Waals surface area contributed by atoms with E-state index in [1.807, 2.05) is 20.1 Å². The molecule has 0 heterocycles. The van der Waals surface area contributed by atoms with Gasteiger partial charge in [0.15, 0.2) is 0 Å². The summed E-state index contributed by atoms with van der Waals surface area (Å²) in [6, 6.07) is -1.09. The smallest absolute Gasteiger partial charge is 0.125 e. The van der Waals surface area contributed by atoms with Crippen LogP contribution in [0.15, 0.2) is 0 Å². The van der Waals surface area contributed by atoms with Gasteiger partial charge in [0.1, 0.15) is 12.1 Å². The van der Waals surface area contributed by atoms with Crippen molar-refractivity contribution in [2.45, 2.75) is 38.8 Å². The third-order valence-electron chi connectivity index (χ3n) is 2.09. The third-order valence-corrected chi connectivity index (χ3v) is 2.74. The van der Waals surface area contributed by atoms with Gasteiger partial charge in [0.25, 0.3) is 0 Å². The first-order valence-corrected chi connectivity index (χ1v) is 7.18. The molecule has 6 N–H and O–H groups in total. The number of carbonyl (C=O) groups excluding carboxylic acids is 2. The van der Waals surface area contributed by atoms with Crippen LogP contribution in [0, 0.1) is 5.92 Å². The molecule has 0 rings (SSSR count). The maximum Gasteiger partial charge on any atom is 0.125 e. The summed E-state index contributed by atoms with van der Waals surface area (Å²) in [6.07, 6.45) is 3.13. The van der Waals surface area contributed by atoms with E-state index in [1.165, 1.54) is 0 Å².